The lowest BCUT2D eigenvalue weighted by molar-refractivity contribution is -0.140. The molecule has 0 aliphatic carbocycles. The summed E-state index contributed by atoms with van der Waals surface area (Å²) in [6, 6.07) is 27.7. The summed E-state index contributed by atoms with van der Waals surface area (Å²) in [6.07, 6.45) is 0.201. The first kappa shape index (κ1) is 34.3. The topological polar surface area (TPSA) is 105 Å². The van der Waals surface area contributed by atoms with Crippen LogP contribution in [0.25, 0.3) is 0 Å². The Hall–Kier alpha value is -4.54. The number of nitrogens with zero attached hydrogens (tertiary/aromatic N) is 2. The number of carbonyl (C=O) groups is 2. The van der Waals surface area contributed by atoms with Gasteiger partial charge in [0.1, 0.15) is 24.1 Å². The number of hydrogen-bond acceptors (Lipinski definition) is 6. The third-order valence-corrected chi connectivity index (χ3v) is 9.26. The fourth-order valence-corrected chi connectivity index (χ4v) is 6.51. The number of halogens is 1. The molecular weight excluding hydrogens is 626 g/mol. The highest BCUT2D eigenvalue weighted by atomic mass is 35.5. The van der Waals surface area contributed by atoms with Crippen LogP contribution in [0, 0.1) is 0 Å². The van der Waals surface area contributed by atoms with Crippen molar-refractivity contribution in [1.82, 2.24) is 10.2 Å². The molecule has 2 amide bonds. The fourth-order valence-electron chi connectivity index (χ4n) is 4.95. The van der Waals surface area contributed by atoms with Crippen molar-refractivity contribution in [2.45, 2.75) is 43.8 Å². The first-order chi connectivity index (χ1) is 22.0. The van der Waals surface area contributed by atoms with Crippen LogP contribution in [0.5, 0.6) is 11.5 Å². The first-order valence-electron chi connectivity index (χ1n) is 14.7. The third kappa shape index (κ3) is 8.58. The normalized spacial score (nSPS) is 11.9. The maximum Gasteiger partial charge on any atom is 0.264 e. The molecule has 0 radical (unpaired) electrons. The number of rotatable bonds is 14. The van der Waals surface area contributed by atoms with E-state index in [4.69, 9.17) is 21.1 Å². The summed E-state index contributed by atoms with van der Waals surface area (Å²) in [5.41, 5.74) is 1.66. The van der Waals surface area contributed by atoms with Gasteiger partial charge < -0.3 is 19.7 Å². The van der Waals surface area contributed by atoms with Gasteiger partial charge in [-0.25, -0.2) is 8.42 Å². The second-order valence-corrected chi connectivity index (χ2v) is 13.2. The highest BCUT2D eigenvalue weighted by molar-refractivity contribution is 7.92. The van der Waals surface area contributed by atoms with Crippen molar-refractivity contribution in [3.05, 3.63) is 119 Å². The van der Waals surface area contributed by atoms with Crippen LogP contribution >= 0.6 is 11.6 Å². The molecule has 0 aromatic heterocycles. The molecule has 11 heteroatoms. The van der Waals surface area contributed by atoms with Gasteiger partial charge in [-0.1, -0.05) is 72.3 Å². The van der Waals surface area contributed by atoms with Gasteiger partial charge in [-0.2, -0.15) is 0 Å². The Morgan fingerprint density at radius 1 is 0.826 bits per heavy atom. The van der Waals surface area contributed by atoms with Crippen LogP contribution in [-0.2, 0) is 32.6 Å². The molecule has 0 spiro atoms. The second-order valence-electron chi connectivity index (χ2n) is 10.9. The molecule has 0 aliphatic heterocycles. The lowest BCUT2D eigenvalue weighted by Crippen LogP contribution is -2.54. The molecule has 4 aromatic rings. The van der Waals surface area contributed by atoms with Crippen LogP contribution in [-0.4, -0.2) is 58.0 Å². The smallest absolute Gasteiger partial charge is 0.264 e. The minimum atomic E-state index is -4.31. The summed E-state index contributed by atoms with van der Waals surface area (Å²) in [7, 11) is -1.43. The molecule has 0 aliphatic rings. The maximum absolute atomic E-state index is 14.6. The lowest BCUT2D eigenvalue weighted by atomic mass is 10.0. The van der Waals surface area contributed by atoms with Gasteiger partial charge in [-0.15, -0.1) is 0 Å². The van der Waals surface area contributed by atoms with E-state index in [0.29, 0.717) is 16.3 Å². The molecule has 242 valence electrons. The zero-order valence-corrected chi connectivity index (χ0v) is 27.8. The van der Waals surface area contributed by atoms with E-state index in [1.807, 2.05) is 44.2 Å². The molecule has 46 heavy (non-hydrogen) atoms. The van der Waals surface area contributed by atoms with Gasteiger partial charge >= 0.3 is 0 Å². The van der Waals surface area contributed by atoms with E-state index in [1.54, 1.807) is 54.6 Å². The summed E-state index contributed by atoms with van der Waals surface area (Å²) in [5.74, 6) is -0.375. The number of hydrogen-bond donors (Lipinski definition) is 1. The SMILES string of the molecule is COc1ccc(OC)c(N(CC(=O)N(Cc2ccc(Cl)cc2)C(Cc2ccccc2)C(=O)NC(C)C)S(=O)(=O)c2ccccc2)c1. The molecule has 0 saturated carbocycles. The Balaban J connectivity index is 1.86. The second kappa shape index (κ2) is 15.6. The highest BCUT2D eigenvalue weighted by Gasteiger charge is 2.36. The number of amides is 2. The number of methoxy groups -OCH3 is 2. The third-order valence-electron chi connectivity index (χ3n) is 7.23. The maximum atomic E-state index is 14.6. The quantitative estimate of drug-likeness (QED) is 0.185. The van der Waals surface area contributed by atoms with E-state index in [-0.39, 0.29) is 41.2 Å². The van der Waals surface area contributed by atoms with Gasteiger partial charge in [0.15, 0.2) is 0 Å². The monoisotopic (exact) mass is 663 g/mol. The van der Waals surface area contributed by atoms with E-state index in [0.717, 1.165) is 9.87 Å². The van der Waals surface area contributed by atoms with Crippen LogP contribution in [0.3, 0.4) is 0 Å². The number of benzene rings is 4. The number of anilines is 1. The molecule has 0 bridgehead atoms. The molecule has 4 aromatic carbocycles. The van der Waals surface area contributed by atoms with E-state index >= 15 is 0 Å². The molecule has 9 nitrogen and oxygen atoms in total. The Kier molecular flexibility index (Phi) is 11.7. The van der Waals surface area contributed by atoms with E-state index in [9.17, 15) is 18.0 Å². The number of ether oxygens (including phenoxy) is 2. The molecule has 1 atom stereocenters. The van der Waals surface area contributed by atoms with Crippen LogP contribution in [0.15, 0.2) is 108 Å². The van der Waals surface area contributed by atoms with E-state index in [2.05, 4.69) is 5.32 Å². The van der Waals surface area contributed by atoms with Gasteiger partial charge in [-0.3, -0.25) is 13.9 Å². The molecule has 0 heterocycles. The van der Waals surface area contributed by atoms with Crippen molar-refractivity contribution in [3.63, 3.8) is 0 Å². The lowest BCUT2D eigenvalue weighted by Gasteiger charge is -2.34. The van der Waals surface area contributed by atoms with Gasteiger partial charge in [0.05, 0.1) is 24.8 Å². The van der Waals surface area contributed by atoms with Crippen molar-refractivity contribution in [1.29, 1.82) is 0 Å². The number of carbonyl (C=O) groups excluding carboxylic acids is 2. The van der Waals surface area contributed by atoms with Gasteiger partial charge in [0.25, 0.3) is 10.0 Å². The average Bonchev–Trinajstić information content (AvgIpc) is 3.06. The molecule has 1 unspecified atom stereocenters. The fraction of sp³-hybridized carbons (Fsp3) is 0.257. The Bertz CT molecular complexity index is 1720. The van der Waals surface area contributed by atoms with Crippen LogP contribution in [0.1, 0.15) is 25.0 Å². The van der Waals surface area contributed by atoms with Crippen LogP contribution in [0.2, 0.25) is 5.02 Å². The zero-order valence-electron chi connectivity index (χ0n) is 26.2. The minimum absolute atomic E-state index is 0.0182. The van der Waals surface area contributed by atoms with Crippen molar-refractivity contribution in [2.24, 2.45) is 0 Å². The zero-order chi connectivity index (χ0) is 33.3. The van der Waals surface area contributed by atoms with Crippen molar-refractivity contribution in [2.75, 3.05) is 25.1 Å². The molecule has 1 N–H and O–H groups in total. The number of sulfonamides is 1. The van der Waals surface area contributed by atoms with Crippen LogP contribution < -0.4 is 19.1 Å². The number of nitrogens with one attached hydrogen (secondary N) is 1. The largest absolute Gasteiger partial charge is 0.497 e. The molecule has 4 rings (SSSR count). The van der Waals surface area contributed by atoms with Gasteiger partial charge in [0, 0.05) is 30.1 Å². The van der Waals surface area contributed by atoms with E-state index < -0.39 is 28.5 Å². The summed E-state index contributed by atoms with van der Waals surface area (Å²) >= 11 is 6.15. The molecule has 0 saturated heterocycles. The van der Waals surface area contributed by atoms with Crippen molar-refractivity contribution < 1.29 is 27.5 Å². The molecular formula is C35H38ClN3O6S. The Morgan fingerprint density at radius 2 is 1.46 bits per heavy atom. The Labute approximate surface area is 275 Å². The van der Waals surface area contributed by atoms with E-state index in [1.165, 1.54) is 37.3 Å². The summed E-state index contributed by atoms with van der Waals surface area (Å²) in [6.45, 7) is 3.07. The van der Waals surface area contributed by atoms with Crippen LogP contribution in [0.4, 0.5) is 5.69 Å². The average molecular weight is 664 g/mol. The summed E-state index contributed by atoms with van der Waals surface area (Å²) in [4.78, 5) is 29.8. The molecule has 0 fully saturated rings. The first-order valence-corrected chi connectivity index (χ1v) is 16.5. The predicted octanol–water partition coefficient (Wildman–Crippen LogP) is 5.72. The standard InChI is InChI=1S/C35H38ClN3O6S/c1-25(2)37-35(41)32(21-26-11-7-5-8-12-26)38(23-27-15-17-28(36)18-16-27)34(40)24-39(46(42,43)30-13-9-6-10-14-30)31-22-29(44-3)19-20-33(31)45-4/h5-20,22,25,32H,21,23-24H2,1-4H3,(H,37,41). The van der Waals surface area contributed by atoms with Crippen molar-refractivity contribution >= 4 is 39.1 Å². The van der Waals surface area contributed by atoms with Gasteiger partial charge in [0.2, 0.25) is 11.8 Å². The summed E-state index contributed by atoms with van der Waals surface area (Å²) in [5, 5.41) is 3.46. The minimum Gasteiger partial charge on any atom is -0.497 e. The summed E-state index contributed by atoms with van der Waals surface area (Å²) < 4.78 is 40.5. The van der Waals surface area contributed by atoms with Crippen molar-refractivity contribution in [3.8, 4) is 11.5 Å². The van der Waals surface area contributed by atoms with Gasteiger partial charge in [-0.05, 0) is 61.4 Å². The predicted molar refractivity (Wildman–Crippen MR) is 180 cm³/mol. The Morgan fingerprint density at radius 3 is 2.04 bits per heavy atom. The highest BCUT2D eigenvalue weighted by Crippen LogP contribution is 2.36.